The molecule has 2 aliphatic heterocycles. The van der Waals surface area contributed by atoms with Crippen molar-refractivity contribution in [3.8, 4) is 0 Å². The molecule has 0 aliphatic carbocycles. The van der Waals surface area contributed by atoms with Crippen molar-refractivity contribution >= 4 is 11.7 Å². The second kappa shape index (κ2) is 14.4. The molecule has 2 aromatic carbocycles. The summed E-state index contributed by atoms with van der Waals surface area (Å²) in [6.45, 7) is 9.90. The molecule has 2 bridgehead atoms. The number of rotatable bonds is 15. The Kier molecular flexibility index (Phi) is 11.4. The van der Waals surface area contributed by atoms with Crippen LogP contribution in [0.5, 0.6) is 0 Å². The minimum atomic E-state index is -1.74. The molecule has 0 spiro atoms. The van der Waals surface area contributed by atoms with Crippen molar-refractivity contribution in [1.29, 1.82) is 0 Å². The fraction of sp³-hybridized carbons (Fsp3) is 0.622. The Morgan fingerprint density at radius 1 is 0.979 bits per heavy atom. The van der Waals surface area contributed by atoms with E-state index >= 15 is 0 Å². The van der Waals surface area contributed by atoms with Crippen LogP contribution in [0, 0.1) is 12.3 Å². The van der Waals surface area contributed by atoms with E-state index in [1.807, 2.05) is 47.0 Å². The van der Waals surface area contributed by atoms with E-state index in [9.17, 15) is 30.0 Å². The molecule has 0 aromatic heterocycles. The third-order valence-electron chi connectivity index (χ3n) is 9.80. The number of ether oxygens (including phenoxy) is 2. The number of aliphatic hydroxyl groups is 4. The molecule has 5 atom stereocenters. The van der Waals surface area contributed by atoms with E-state index in [2.05, 4.69) is 34.5 Å². The monoisotopic (exact) mass is 654 g/mol. The Balaban J connectivity index is 1.34. The van der Waals surface area contributed by atoms with Crippen LogP contribution in [-0.2, 0) is 37.7 Å². The first kappa shape index (κ1) is 37.1. The number of aliphatic hydroxyl groups excluding tert-OH is 3. The minimum absolute atomic E-state index is 0.0857. The quantitative estimate of drug-likeness (QED) is 0.183. The number of ketones is 1. The molecule has 2 aliphatic rings. The highest BCUT2D eigenvalue weighted by molar-refractivity contribution is 5.89. The van der Waals surface area contributed by atoms with Gasteiger partial charge in [0, 0.05) is 24.9 Å². The molecule has 0 radical (unpaired) electrons. The van der Waals surface area contributed by atoms with Gasteiger partial charge in [0.1, 0.15) is 24.1 Å². The smallest absolute Gasteiger partial charge is 0.226 e. The Labute approximate surface area is 279 Å². The van der Waals surface area contributed by atoms with Gasteiger partial charge in [-0.05, 0) is 95.4 Å². The number of amides is 1. The van der Waals surface area contributed by atoms with Gasteiger partial charge in [0.2, 0.25) is 11.7 Å². The van der Waals surface area contributed by atoms with Gasteiger partial charge in [0.25, 0.3) is 0 Å². The van der Waals surface area contributed by atoms with E-state index in [1.165, 1.54) is 13.8 Å². The molecule has 47 heavy (non-hydrogen) atoms. The fourth-order valence-electron chi connectivity index (χ4n) is 6.60. The lowest BCUT2D eigenvalue weighted by Crippen LogP contribution is -2.70. The van der Waals surface area contributed by atoms with Crippen molar-refractivity contribution in [2.24, 2.45) is 5.41 Å². The summed E-state index contributed by atoms with van der Waals surface area (Å²) < 4.78 is 12.2. The third kappa shape index (κ3) is 7.96. The van der Waals surface area contributed by atoms with Crippen molar-refractivity contribution in [1.82, 2.24) is 10.2 Å². The van der Waals surface area contributed by atoms with Gasteiger partial charge >= 0.3 is 0 Å². The number of aryl methyl sites for hydroxylation is 2. The number of hydrogen-bond donors (Lipinski definition) is 5. The molecule has 0 unspecified atom stereocenters. The van der Waals surface area contributed by atoms with Crippen LogP contribution in [0.15, 0.2) is 42.5 Å². The first-order valence-corrected chi connectivity index (χ1v) is 16.6. The van der Waals surface area contributed by atoms with E-state index < -0.39 is 40.7 Å². The molecule has 10 heteroatoms. The van der Waals surface area contributed by atoms with Crippen LogP contribution in [0.1, 0.15) is 81.2 Å². The molecular weight excluding hydrogens is 600 g/mol. The van der Waals surface area contributed by atoms with Crippen molar-refractivity contribution in [3.05, 3.63) is 70.3 Å². The zero-order valence-electron chi connectivity index (χ0n) is 29.0. The van der Waals surface area contributed by atoms with Crippen LogP contribution < -0.4 is 5.32 Å². The van der Waals surface area contributed by atoms with Crippen molar-refractivity contribution in [3.63, 3.8) is 0 Å². The number of benzene rings is 2. The molecule has 5 N–H and O–H groups in total. The summed E-state index contributed by atoms with van der Waals surface area (Å²) in [5, 5.41) is 46.4. The number of nitrogens with one attached hydrogen (secondary N) is 1. The number of hydrogen-bond acceptors (Lipinski definition) is 9. The standard InChI is InChI=1S/C37H54N2O8/c1-24-12-17-28(37-32(43)30(41)31(42)36(47-37,23-46-37)35(4,5)45)21-27(24)20-26-15-13-25(14-16-26)10-8-11-29(40)22-34(2,3)33(44)38-18-9-19-39(6)7/h12-17,21,30-32,41-43,45H,8-11,18-20,22-23H2,1-7H3,(H,38,44)/t30-,31-,32+,36-,37-/m0/s1. The van der Waals surface area contributed by atoms with Gasteiger partial charge in [-0.3, -0.25) is 9.59 Å². The summed E-state index contributed by atoms with van der Waals surface area (Å²) in [5.74, 6) is -1.74. The third-order valence-corrected chi connectivity index (χ3v) is 9.80. The summed E-state index contributed by atoms with van der Waals surface area (Å²) >= 11 is 0. The summed E-state index contributed by atoms with van der Waals surface area (Å²) in [6, 6.07) is 13.8. The number of Topliss-reactive ketones (excluding diaryl/α,β-unsaturated/α-hetero) is 1. The maximum Gasteiger partial charge on any atom is 0.226 e. The van der Waals surface area contributed by atoms with E-state index in [-0.39, 0.29) is 24.7 Å². The predicted molar refractivity (Wildman–Crippen MR) is 179 cm³/mol. The lowest BCUT2D eigenvalue weighted by Gasteiger charge is -2.50. The number of carbonyl (C=O) groups excluding carboxylic acids is 2. The highest BCUT2D eigenvalue weighted by Gasteiger charge is 2.71. The van der Waals surface area contributed by atoms with E-state index in [4.69, 9.17) is 9.47 Å². The SMILES string of the molecule is Cc1ccc([C@]23OC[C@](C(C)(C)O)(O2)[C@@H](O)[C@H](O)[C@H]3O)cc1Cc1ccc(CCCC(=O)CC(C)(C)C(=O)NCCCN(C)C)cc1. The van der Waals surface area contributed by atoms with Crippen LogP contribution in [0.25, 0.3) is 0 Å². The average Bonchev–Trinajstić information content (AvgIpc) is 3.40. The minimum Gasteiger partial charge on any atom is -0.387 e. The highest BCUT2D eigenvalue weighted by Crippen LogP contribution is 2.53. The molecule has 0 saturated carbocycles. The van der Waals surface area contributed by atoms with Gasteiger partial charge in [0.05, 0.1) is 17.6 Å². The summed E-state index contributed by atoms with van der Waals surface area (Å²) in [4.78, 5) is 27.4. The van der Waals surface area contributed by atoms with Gasteiger partial charge in [-0.15, -0.1) is 0 Å². The highest BCUT2D eigenvalue weighted by atomic mass is 16.8. The first-order valence-electron chi connectivity index (χ1n) is 16.6. The predicted octanol–water partition coefficient (Wildman–Crippen LogP) is 2.77. The first-order chi connectivity index (χ1) is 21.9. The average molecular weight is 655 g/mol. The number of nitrogens with zero attached hydrogens (tertiary/aromatic N) is 1. The fourth-order valence-corrected chi connectivity index (χ4v) is 6.60. The van der Waals surface area contributed by atoms with Crippen molar-refractivity contribution in [2.45, 2.75) is 108 Å². The normalized spacial score (nSPS) is 26.1. The summed E-state index contributed by atoms with van der Waals surface area (Å²) in [5.41, 5.74) is 0.766. The zero-order chi connectivity index (χ0) is 34.8. The van der Waals surface area contributed by atoms with Gasteiger partial charge in [-0.2, -0.15) is 0 Å². The largest absolute Gasteiger partial charge is 0.387 e. The molecule has 260 valence electrons. The van der Waals surface area contributed by atoms with Crippen LogP contribution in [0.2, 0.25) is 0 Å². The zero-order valence-corrected chi connectivity index (χ0v) is 29.0. The topological polar surface area (TPSA) is 149 Å². The second-order valence-corrected chi connectivity index (χ2v) is 14.9. The lowest BCUT2D eigenvalue weighted by molar-refractivity contribution is -0.348. The molecule has 4 rings (SSSR count). The molecule has 2 heterocycles. The Bertz CT molecular complexity index is 1400. The van der Waals surface area contributed by atoms with Gasteiger partial charge in [-0.1, -0.05) is 50.2 Å². The van der Waals surface area contributed by atoms with Crippen LogP contribution in [0.4, 0.5) is 0 Å². The molecule has 2 aromatic rings. The molecule has 1 amide bonds. The Morgan fingerprint density at radius 3 is 2.28 bits per heavy atom. The number of fused-ring (bicyclic) bond motifs is 2. The van der Waals surface area contributed by atoms with E-state index in [0.717, 1.165) is 41.6 Å². The van der Waals surface area contributed by atoms with Crippen LogP contribution in [-0.4, -0.2) is 100 Å². The molecule has 2 fully saturated rings. The Morgan fingerprint density at radius 2 is 1.64 bits per heavy atom. The molecular formula is C37H54N2O8. The number of carbonyl (C=O) groups is 2. The van der Waals surface area contributed by atoms with Crippen molar-refractivity contribution < 1.29 is 39.5 Å². The maximum absolute atomic E-state index is 12.7. The van der Waals surface area contributed by atoms with E-state index in [0.29, 0.717) is 31.4 Å². The summed E-state index contributed by atoms with van der Waals surface area (Å²) in [7, 11) is 3.99. The van der Waals surface area contributed by atoms with Gasteiger partial charge in [0.15, 0.2) is 5.60 Å². The Hall–Kier alpha value is -2.70. The summed E-state index contributed by atoms with van der Waals surface area (Å²) in [6.07, 6.45) is -1.14. The van der Waals surface area contributed by atoms with Crippen LogP contribution >= 0.6 is 0 Å². The molecule has 2 saturated heterocycles. The van der Waals surface area contributed by atoms with Crippen LogP contribution in [0.3, 0.4) is 0 Å². The van der Waals surface area contributed by atoms with E-state index in [1.54, 1.807) is 6.07 Å². The maximum atomic E-state index is 12.7. The van der Waals surface area contributed by atoms with Crippen molar-refractivity contribution in [2.75, 3.05) is 33.8 Å². The lowest BCUT2D eigenvalue weighted by atomic mass is 9.75. The molecule has 10 nitrogen and oxygen atoms in total. The van der Waals surface area contributed by atoms with Gasteiger partial charge in [-0.25, -0.2) is 0 Å². The van der Waals surface area contributed by atoms with Gasteiger partial charge < -0.3 is 40.1 Å². The second-order valence-electron chi connectivity index (χ2n) is 14.9.